The number of nitrogens with one attached hydrogen (secondary N) is 2. The summed E-state index contributed by atoms with van der Waals surface area (Å²) in [4.78, 5) is 56.4. The summed E-state index contributed by atoms with van der Waals surface area (Å²) in [5.74, 6) is -1.83. The number of nitrogens with zero attached hydrogens (tertiary/aromatic N) is 1. The van der Waals surface area contributed by atoms with E-state index in [1.165, 1.54) is 5.57 Å². The number of pyridine rings is 1. The molecule has 1 aromatic rings. The Kier molecular flexibility index (Phi) is 11.4. The van der Waals surface area contributed by atoms with Gasteiger partial charge in [-0.3, -0.25) is 24.2 Å². The Balaban J connectivity index is 1.10. The molecule has 0 aromatic carbocycles. The molecule has 5 fully saturated rings. The molecule has 5 N–H and O–H groups in total. The fourth-order valence-electron chi connectivity index (χ4n) is 15.1. The summed E-state index contributed by atoms with van der Waals surface area (Å²) in [5.41, 5.74) is 0.552. The quantitative estimate of drug-likeness (QED) is 0.116. The Bertz CT molecular complexity index is 1970. The van der Waals surface area contributed by atoms with Crippen molar-refractivity contribution in [3.63, 3.8) is 0 Å². The van der Waals surface area contributed by atoms with Crippen LogP contribution in [-0.2, 0) is 19.1 Å². The fourth-order valence-corrected chi connectivity index (χ4v) is 15.1. The molecule has 1 heterocycles. The van der Waals surface area contributed by atoms with Crippen LogP contribution in [0, 0.1) is 74.9 Å². The summed E-state index contributed by atoms with van der Waals surface area (Å²) in [5, 5.41) is 39.7. The first-order chi connectivity index (χ1) is 28.2. The van der Waals surface area contributed by atoms with Crippen LogP contribution in [0.4, 0.5) is 0 Å². The van der Waals surface area contributed by atoms with Crippen molar-refractivity contribution in [1.29, 1.82) is 0 Å². The van der Waals surface area contributed by atoms with Crippen molar-refractivity contribution in [1.82, 2.24) is 15.6 Å². The number of esters is 1. The number of ether oxygens (including phenoxy) is 1. The zero-order valence-corrected chi connectivity index (χ0v) is 39.0. The molecule has 5 saturated carbocycles. The number of rotatable bonds is 10. The molecule has 11 heteroatoms. The molecule has 12 atom stereocenters. The largest absolute Gasteiger partial charge is 0.481 e. The maximum atomic E-state index is 13.7. The minimum absolute atomic E-state index is 0.00476. The van der Waals surface area contributed by atoms with Gasteiger partial charge in [0, 0.05) is 23.6 Å². The maximum absolute atomic E-state index is 13.7. The van der Waals surface area contributed by atoms with Gasteiger partial charge >= 0.3 is 11.9 Å². The smallest absolute Gasteiger partial charge is 0.309 e. The molecule has 61 heavy (non-hydrogen) atoms. The molecular weight excluding hydrogens is 771 g/mol. The molecule has 6 aliphatic carbocycles. The molecule has 0 spiro atoms. The molecule has 2 amide bonds. The number of carboxylic acids is 1. The number of aliphatic hydroxyl groups excluding tert-OH is 2. The first-order valence-electron chi connectivity index (χ1n) is 23.3. The Morgan fingerprint density at radius 2 is 1.57 bits per heavy atom. The predicted octanol–water partition coefficient (Wildman–Crippen LogP) is 7.81. The SMILES string of the molecule is Cc1ccc(C(=O)NC(C)(C)C(=O)NC[C@H](O)[C@@]23CC[C@]4(C)[C@H](CC[C@@H]5[C@@]6(C)CC[C@H](OC(=O)[C@H]7C[C@@H](C(=O)O)C7(C)C)C(C)(C)[C@@H]6CC[C@]54C)C2=C(C(C)C)C(O)C3)nc1. The van der Waals surface area contributed by atoms with E-state index in [2.05, 4.69) is 64.1 Å². The van der Waals surface area contributed by atoms with Crippen molar-refractivity contribution in [3.05, 3.63) is 40.7 Å². The molecule has 0 aliphatic heterocycles. The molecule has 0 bridgehead atoms. The third-order valence-corrected chi connectivity index (χ3v) is 19.0. The van der Waals surface area contributed by atoms with Crippen LogP contribution in [-0.4, -0.2) is 74.5 Å². The highest BCUT2D eigenvalue weighted by molar-refractivity contribution is 5.97. The van der Waals surface area contributed by atoms with Crippen molar-refractivity contribution in [2.24, 2.45) is 68.0 Å². The van der Waals surface area contributed by atoms with Gasteiger partial charge in [-0.25, -0.2) is 0 Å². The number of hydrogen-bond acceptors (Lipinski definition) is 8. The third-order valence-electron chi connectivity index (χ3n) is 19.0. The second kappa shape index (κ2) is 15.2. The first kappa shape index (κ1) is 45.7. The number of hydrogen-bond donors (Lipinski definition) is 5. The van der Waals surface area contributed by atoms with Crippen molar-refractivity contribution in [3.8, 4) is 0 Å². The van der Waals surface area contributed by atoms with Gasteiger partial charge in [0.2, 0.25) is 5.91 Å². The van der Waals surface area contributed by atoms with Crippen LogP contribution in [0.3, 0.4) is 0 Å². The monoisotopic (exact) mass is 846 g/mol. The molecule has 0 saturated heterocycles. The number of carboxylic acid groups (broad SMARTS) is 1. The Morgan fingerprint density at radius 1 is 0.885 bits per heavy atom. The number of aliphatic carboxylic acids is 1. The summed E-state index contributed by atoms with van der Waals surface area (Å²) in [7, 11) is 0. The van der Waals surface area contributed by atoms with Crippen LogP contribution in [0.1, 0.15) is 156 Å². The van der Waals surface area contributed by atoms with Gasteiger partial charge in [0.05, 0.1) is 24.0 Å². The molecular formula is C50H75N3O8. The van der Waals surface area contributed by atoms with Gasteiger partial charge in [0.25, 0.3) is 5.91 Å². The highest BCUT2D eigenvalue weighted by Crippen LogP contribution is 2.77. The van der Waals surface area contributed by atoms with Crippen LogP contribution in [0.15, 0.2) is 29.5 Å². The van der Waals surface area contributed by atoms with E-state index in [0.717, 1.165) is 56.1 Å². The van der Waals surface area contributed by atoms with Crippen LogP contribution in [0.2, 0.25) is 0 Å². The summed E-state index contributed by atoms with van der Waals surface area (Å²) in [6.45, 7) is 25.4. The van der Waals surface area contributed by atoms with Crippen LogP contribution in [0.25, 0.3) is 0 Å². The van der Waals surface area contributed by atoms with Crippen molar-refractivity contribution in [2.75, 3.05) is 6.54 Å². The van der Waals surface area contributed by atoms with E-state index in [4.69, 9.17) is 4.74 Å². The molecule has 11 nitrogen and oxygen atoms in total. The third kappa shape index (κ3) is 6.91. The predicted molar refractivity (Wildman–Crippen MR) is 233 cm³/mol. The van der Waals surface area contributed by atoms with Crippen LogP contribution in [0.5, 0.6) is 0 Å². The van der Waals surface area contributed by atoms with Gasteiger partial charge in [-0.05, 0) is 148 Å². The van der Waals surface area contributed by atoms with Gasteiger partial charge in [0.15, 0.2) is 0 Å². The zero-order chi connectivity index (χ0) is 45.0. The molecule has 338 valence electrons. The normalized spacial score (nSPS) is 39.1. The molecule has 1 aromatic heterocycles. The van der Waals surface area contributed by atoms with E-state index in [1.807, 2.05) is 20.8 Å². The summed E-state index contributed by atoms with van der Waals surface area (Å²) in [6, 6.07) is 3.43. The van der Waals surface area contributed by atoms with E-state index < -0.39 is 58.2 Å². The second-order valence-corrected chi connectivity index (χ2v) is 23.3. The summed E-state index contributed by atoms with van der Waals surface area (Å²) < 4.78 is 6.42. The van der Waals surface area contributed by atoms with E-state index in [0.29, 0.717) is 31.1 Å². The number of amides is 2. The number of fused-ring (bicyclic) bond motifs is 7. The van der Waals surface area contributed by atoms with Crippen LogP contribution >= 0.6 is 0 Å². The average Bonchev–Trinajstić information content (AvgIpc) is 3.47. The van der Waals surface area contributed by atoms with E-state index >= 15 is 0 Å². The van der Waals surface area contributed by atoms with E-state index in [9.17, 15) is 34.5 Å². The first-order valence-corrected chi connectivity index (χ1v) is 23.3. The standard InChI is InChI=1S/C50H75N3O8/c1-27(2)38-33(54)24-50(36(55)26-52-43(60)46(8,9)53-40(56)32-15-13-28(3)25-51-32)22-21-48(11)29(39(38)50)14-16-35-47(10)19-18-37(45(6,7)34(47)17-20-49(35,48)12)61-42(59)31-23-30(41(57)58)44(31,4)5/h13,15,25,27,29-31,33-37,54-55H,14,16-24,26H2,1-12H3,(H,52,60)(H,53,56)(H,57,58)/t29-,30+,31-,33?,34+,35-,36+,37+,47+,48-,49-,50+/m1/s1. The Hall–Kier alpha value is -3.31. The van der Waals surface area contributed by atoms with Gasteiger partial charge in [-0.1, -0.05) is 74.0 Å². The fraction of sp³-hybridized carbons (Fsp3) is 0.780. The lowest BCUT2D eigenvalue weighted by Crippen LogP contribution is -2.66. The average molecular weight is 846 g/mol. The van der Waals surface area contributed by atoms with Gasteiger partial charge in [-0.2, -0.15) is 0 Å². The maximum Gasteiger partial charge on any atom is 0.309 e. The summed E-state index contributed by atoms with van der Waals surface area (Å²) >= 11 is 0. The van der Waals surface area contributed by atoms with Crippen molar-refractivity contribution in [2.45, 2.75) is 171 Å². The van der Waals surface area contributed by atoms with E-state index in [-0.39, 0.29) is 57.8 Å². The minimum Gasteiger partial charge on any atom is -0.481 e. The van der Waals surface area contributed by atoms with Gasteiger partial charge < -0.3 is 30.7 Å². The lowest BCUT2D eigenvalue weighted by molar-refractivity contribution is -0.238. The minimum atomic E-state index is -1.26. The van der Waals surface area contributed by atoms with Crippen LogP contribution < -0.4 is 10.6 Å². The van der Waals surface area contributed by atoms with Crippen molar-refractivity contribution >= 4 is 23.8 Å². The highest BCUT2D eigenvalue weighted by Gasteiger charge is 2.71. The molecule has 6 aliphatic rings. The Morgan fingerprint density at radius 3 is 2.18 bits per heavy atom. The number of aliphatic hydroxyl groups is 2. The highest BCUT2D eigenvalue weighted by atomic mass is 16.5. The number of aryl methyl sites for hydroxylation is 1. The number of aromatic nitrogens is 1. The second-order valence-electron chi connectivity index (χ2n) is 23.3. The molecule has 7 rings (SSSR count). The van der Waals surface area contributed by atoms with Gasteiger partial charge in [0.1, 0.15) is 17.3 Å². The summed E-state index contributed by atoms with van der Waals surface area (Å²) in [6.07, 6.45) is 7.99. The topological polar surface area (TPSA) is 175 Å². The number of carbonyl (C=O) groups excluding carboxylic acids is 3. The number of carbonyl (C=O) groups is 4. The Labute approximate surface area is 364 Å². The van der Waals surface area contributed by atoms with E-state index in [1.54, 1.807) is 32.2 Å². The molecule has 1 unspecified atom stereocenters. The lowest BCUT2D eigenvalue weighted by atomic mass is 9.33. The van der Waals surface area contributed by atoms with Gasteiger partial charge in [-0.15, -0.1) is 0 Å². The molecule has 0 radical (unpaired) electrons. The zero-order valence-electron chi connectivity index (χ0n) is 39.0. The lowest BCUT2D eigenvalue weighted by Gasteiger charge is -2.72. The van der Waals surface area contributed by atoms with Crippen molar-refractivity contribution < 1.29 is 39.2 Å².